The summed E-state index contributed by atoms with van der Waals surface area (Å²) in [4.78, 5) is 0. The third kappa shape index (κ3) is 2.28. The molecule has 0 bridgehead atoms. The topological polar surface area (TPSA) is 52.6 Å². The molecule has 98 valence electrons. The third-order valence-electron chi connectivity index (χ3n) is 2.14. The van der Waals surface area contributed by atoms with E-state index < -0.39 is 15.6 Å². The van der Waals surface area contributed by atoms with Crippen LogP contribution in [0, 0.1) is 0 Å². The van der Waals surface area contributed by atoms with Crippen LogP contribution in [0.2, 0.25) is 0 Å². The Morgan fingerprint density at radius 1 is 1.22 bits per heavy atom. The fraction of sp³-hybridized carbons (Fsp3) is 0.200. The first-order valence-corrected chi connectivity index (χ1v) is 6.15. The SMILES string of the molecule is O=S(=O)(OC1=CCOc2ccccc21)C(F)(F)F. The van der Waals surface area contributed by atoms with Gasteiger partial charge in [-0.2, -0.15) is 21.6 Å². The highest BCUT2D eigenvalue weighted by molar-refractivity contribution is 7.87. The van der Waals surface area contributed by atoms with Crippen LogP contribution in [0.1, 0.15) is 5.56 Å². The van der Waals surface area contributed by atoms with E-state index in [2.05, 4.69) is 4.18 Å². The molecule has 1 aromatic rings. The van der Waals surface area contributed by atoms with Gasteiger partial charge in [-0.1, -0.05) is 12.1 Å². The van der Waals surface area contributed by atoms with E-state index in [1.807, 2.05) is 0 Å². The molecule has 8 heteroatoms. The van der Waals surface area contributed by atoms with Crippen LogP contribution < -0.4 is 4.74 Å². The molecule has 0 spiro atoms. The summed E-state index contributed by atoms with van der Waals surface area (Å²) >= 11 is 0. The molecule has 0 saturated heterocycles. The van der Waals surface area contributed by atoms with Gasteiger partial charge in [0.05, 0.1) is 5.56 Å². The van der Waals surface area contributed by atoms with Crippen LogP contribution in [0.15, 0.2) is 30.3 Å². The molecule has 0 unspecified atom stereocenters. The van der Waals surface area contributed by atoms with E-state index in [9.17, 15) is 21.6 Å². The van der Waals surface area contributed by atoms with Crippen LogP contribution in [0.5, 0.6) is 5.75 Å². The fourth-order valence-corrected chi connectivity index (χ4v) is 1.85. The molecule has 4 nitrogen and oxygen atoms in total. The van der Waals surface area contributed by atoms with Crippen molar-refractivity contribution >= 4 is 15.9 Å². The average Bonchev–Trinajstić information content (AvgIpc) is 2.27. The molecule has 0 N–H and O–H groups in total. The smallest absolute Gasteiger partial charge is 0.489 e. The monoisotopic (exact) mass is 280 g/mol. The zero-order valence-corrected chi connectivity index (χ0v) is 9.59. The summed E-state index contributed by atoms with van der Waals surface area (Å²) in [5.74, 6) is -0.110. The summed E-state index contributed by atoms with van der Waals surface area (Å²) < 4.78 is 67.6. The van der Waals surface area contributed by atoms with Crippen molar-refractivity contribution in [3.8, 4) is 5.75 Å². The molecule has 1 aromatic carbocycles. The predicted octanol–water partition coefficient (Wildman–Crippen LogP) is 2.29. The number of benzene rings is 1. The van der Waals surface area contributed by atoms with Gasteiger partial charge in [0, 0.05) is 0 Å². The minimum atomic E-state index is -5.66. The van der Waals surface area contributed by atoms with Crippen molar-refractivity contribution < 1.29 is 30.5 Å². The summed E-state index contributed by atoms with van der Waals surface area (Å²) in [7, 11) is -5.66. The van der Waals surface area contributed by atoms with E-state index >= 15 is 0 Å². The second kappa shape index (κ2) is 4.20. The lowest BCUT2D eigenvalue weighted by Gasteiger charge is -2.19. The molecule has 18 heavy (non-hydrogen) atoms. The molecule has 0 amide bonds. The molecule has 0 saturated carbocycles. The zero-order valence-electron chi connectivity index (χ0n) is 8.77. The van der Waals surface area contributed by atoms with Crippen molar-refractivity contribution in [2.24, 2.45) is 0 Å². The van der Waals surface area contributed by atoms with E-state index in [1.165, 1.54) is 18.2 Å². The van der Waals surface area contributed by atoms with Crippen molar-refractivity contribution in [1.82, 2.24) is 0 Å². The summed E-state index contributed by atoms with van der Waals surface area (Å²) in [6.45, 7) is -0.0558. The molecule has 0 aliphatic carbocycles. The Morgan fingerprint density at radius 3 is 2.56 bits per heavy atom. The maximum atomic E-state index is 12.2. The van der Waals surface area contributed by atoms with E-state index in [0.717, 1.165) is 6.08 Å². The standard InChI is InChI=1S/C10H7F3O4S/c11-10(12,13)18(14,15)17-9-5-6-16-8-4-2-1-3-7(8)9/h1-5H,6H2. The Morgan fingerprint density at radius 2 is 1.89 bits per heavy atom. The lowest BCUT2D eigenvalue weighted by Crippen LogP contribution is -2.25. The highest BCUT2D eigenvalue weighted by Crippen LogP contribution is 2.34. The number of para-hydroxylation sites is 1. The second-order valence-corrected chi connectivity index (χ2v) is 4.90. The fourth-order valence-electron chi connectivity index (χ4n) is 1.36. The Kier molecular flexibility index (Phi) is 2.97. The molecule has 1 heterocycles. The minimum absolute atomic E-state index is 0.0558. The summed E-state index contributed by atoms with van der Waals surface area (Å²) in [6.07, 6.45) is 1.13. The molecule has 0 fully saturated rings. The van der Waals surface area contributed by atoms with Gasteiger partial charge >= 0.3 is 15.6 Å². The quantitative estimate of drug-likeness (QED) is 0.616. The molecular formula is C10H7F3O4S. The van der Waals surface area contributed by atoms with Crippen LogP contribution in [-0.4, -0.2) is 20.5 Å². The summed E-state index contributed by atoms with van der Waals surface area (Å²) in [5.41, 5.74) is -5.29. The second-order valence-electron chi connectivity index (χ2n) is 3.36. The minimum Gasteiger partial charge on any atom is -0.489 e. The molecule has 2 rings (SSSR count). The number of halogens is 3. The summed E-state index contributed by atoms with van der Waals surface area (Å²) in [6, 6.07) is 6.06. The van der Waals surface area contributed by atoms with Gasteiger partial charge in [-0.25, -0.2) is 0 Å². The van der Waals surface area contributed by atoms with Gasteiger partial charge in [-0.3, -0.25) is 0 Å². The van der Waals surface area contributed by atoms with Crippen LogP contribution in [0.3, 0.4) is 0 Å². The van der Waals surface area contributed by atoms with Crippen molar-refractivity contribution in [2.45, 2.75) is 5.51 Å². The average molecular weight is 280 g/mol. The lowest BCUT2D eigenvalue weighted by atomic mass is 10.1. The zero-order chi connectivity index (χ0) is 13.4. The first-order chi connectivity index (χ1) is 8.31. The number of hydrogen-bond donors (Lipinski definition) is 0. The van der Waals surface area contributed by atoms with Gasteiger partial charge in [0.1, 0.15) is 12.4 Å². The van der Waals surface area contributed by atoms with E-state index in [0.29, 0.717) is 0 Å². The molecule has 0 atom stereocenters. The number of ether oxygens (including phenoxy) is 1. The number of rotatable bonds is 2. The van der Waals surface area contributed by atoms with Crippen LogP contribution in [-0.2, 0) is 14.3 Å². The first-order valence-electron chi connectivity index (χ1n) is 4.74. The largest absolute Gasteiger partial charge is 0.534 e. The van der Waals surface area contributed by atoms with E-state index in [-0.39, 0.29) is 23.7 Å². The van der Waals surface area contributed by atoms with Crippen molar-refractivity contribution in [1.29, 1.82) is 0 Å². The predicted molar refractivity (Wildman–Crippen MR) is 56.0 cm³/mol. The van der Waals surface area contributed by atoms with Crippen LogP contribution >= 0.6 is 0 Å². The third-order valence-corrected chi connectivity index (χ3v) is 3.11. The van der Waals surface area contributed by atoms with E-state index in [1.54, 1.807) is 6.07 Å². The van der Waals surface area contributed by atoms with E-state index in [4.69, 9.17) is 4.74 Å². The highest BCUT2D eigenvalue weighted by Gasteiger charge is 2.49. The lowest BCUT2D eigenvalue weighted by molar-refractivity contribution is -0.0509. The van der Waals surface area contributed by atoms with Gasteiger partial charge in [-0.15, -0.1) is 0 Å². The summed E-state index contributed by atoms with van der Waals surface area (Å²) in [5, 5.41) is 0. The van der Waals surface area contributed by atoms with Gasteiger partial charge in [0.2, 0.25) is 0 Å². The Labute approximate surface area is 101 Å². The van der Waals surface area contributed by atoms with Gasteiger partial charge in [-0.05, 0) is 18.2 Å². The van der Waals surface area contributed by atoms with Crippen molar-refractivity contribution in [2.75, 3.05) is 6.61 Å². The van der Waals surface area contributed by atoms with Gasteiger partial charge in [0.15, 0.2) is 5.76 Å². The maximum Gasteiger partial charge on any atom is 0.534 e. The van der Waals surface area contributed by atoms with Crippen molar-refractivity contribution in [3.63, 3.8) is 0 Å². The Hall–Kier alpha value is -1.70. The molecule has 1 aliphatic rings. The molecule has 0 aromatic heterocycles. The maximum absolute atomic E-state index is 12.2. The molecular weight excluding hydrogens is 273 g/mol. The Balaban J connectivity index is 2.35. The first kappa shape index (κ1) is 12.7. The number of alkyl halides is 3. The van der Waals surface area contributed by atoms with Gasteiger partial charge in [0.25, 0.3) is 0 Å². The van der Waals surface area contributed by atoms with Crippen LogP contribution in [0.25, 0.3) is 5.76 Å². The van der Waals surface area contributed by atoms with Crippen molar-refractivity contribution in [3.05, 3.63) is 35.9 Å². The molecule has 0 radical (unpaired) electrons. The number of fused-ring (bicyclic) bond motifs is 1. The Bertz CT molecular complexity index is 589. The molecule has 1 aliphatic heterocycles. The normalized spacial score (nSPS) is 15.4. The highest BCUT2D eigenvalue weighted by atomic mass is 32.2. The van der Waals surface area contributed by atoms with Crippen LogP contribution in [0.4, 0.5) is 13.2 Å². The van der Waals surface area contributed by atoms with Gasteiger partial charge < -0.3 is 8.92 Å². The number of hydrogen-bond acceptors (Lipinski definition) is 4.